The van der Waals surface area contributed by atoms with E-state index in [2.05, 4.69) is 15.3 Å². The first-order valence-corrected chi connectivity index (χ1v) is 4.24. The molecule has 0 bridgehead atoms. The van der Waals surface area contributed by atoms with Crippen LogP contribution in [0, 0.1) is 5.82 Å². The summed E-state index contributed by atoms with van der Waals surface area (Å²) in [5.41, 5.74) is 0. The maximum absolute atomic E-state index is 13.1. The van der Waals surface area contributed by atoms with Crippen LogP contribution < -0.4 is 10.1 Å². The molecule has 0 aliphatic carbocycles. The van der Waals surface area contributed by atoms with E-state index in [-0.39, 0.29) is 12.0 Å². The van der Waals surface area contributed by atoms with Crippen LogP contribution >= 0.6 is 0 Å². The van der Waals surface area contributed by atoms with Gasteiger partial charge in [-0.15, -0.1) is 0 Å². The molecular formula is C8H10FN3O2. The molecule has 0 spiro atoms. The Hall–Kier alpha value is -1.43. The Labute approximate surface area is 80.3 Å². The maximum atomic E-state index is 13.1. The van der Waals surface area contributed by atoms with Crippen molar-refractivity contribution < 1.29 is 13.9 Å². The summed E-state index contributed by atoms with van der Waals surface area (Å²) in [6.07, 6.45) is 0.984. The molecule has 76 valence electrons. The Balaban J connectivity index is 2.13. The van der Waals surface area contributed by atoms with Gasteiger partial charge in [-0.05, 0) is 0 Å². The molecule has 6 heteroatoms. The van der Waals surface area contributed by atoms with Crippen LogP contribution in [-0.2, 0) is 4.74 Å². The van der Waals surface area contributed by atoms with Crippen molar-refractivity contribution >= 4 is 5.95 Å². The second kappa shape index (κ2) is 3.75. The highest BCUT2D eigenvalue weighted by molar-refractivity contribution is 5.27. The Morgan fingerprint density at radius 3 is 3.00 bits per heavy atom. The van der Waals surface area contributed by atoms with Crippen LogP contribution in [0.1, 0.15) is 0 Å². The molecular weight excluding hydrogens is 189 g/mol. The normalized spacial score (nSPS) is 16.1. The molecule has 1 saturated heterocycles. The van der Waals surface area contributed by atoms with Crippen LogP contribution in [0.2, 0.25) is 0 Å². The van der Waals surface area contributed by atoms with E-state index in [1.807, 2.05) is 0 Å². The lowest BCUT2D eigenvalue weighted by molar-refractivity contribution is -0.0826. The molecule has 1 aliphatic heterocycles. The lowest BCUT2D eigenvalue weighted by atomic mass is 10.3. The second-order valence-corrected chi connectivity index (χ2v) is 2.87. The molecule has 0 aromatic carbocycles. The largest absolute Gasteiger partial charge is 0.467 e. The molecule has 0 saturated carbocycles. The van der Waals surface area contributed by atoms with Gasteiger partial charge in [0.25, 0.3) is 5.88 Å². The molecule has 0 amide bonds. The monoisotopic (exact) mass is 199 g/mol. The number of aromatic nitrogens is 2. The van der Waals surface area contributed by atoms with Gasteiger partial charge in [0.2, 0.25) is 11.8 Å². The first-order chi connectivity index (χ1) is 6.79. The minimum atomic E-state index is -0.559. The third-order valence-corrected chi connectivity index (χ3v) is 1.82. The van der Waals surface area contributed by atoms with Crippen molar-refractivity contribution in [2.45, 2.75) is 6.10 Å². The Morgan fingerprint density at radius 1 is 1.64 bits per heavy atom. The Bertz CT molecular complexity index is 330. The molecule has 2 rings (SSSR count). The van der Waals surface area contributed by atoms with Crippen LogP contribution in [0.5, 0.6) is 5.88 Å². The van der Waals surface area contributed by atoms with Gasteiger partial charge in [-0.25, -0.2) is 4.98 Å². The van der Waals surface area contributed by atoms with Crippen molar-refractivity contribution in [2.75, 3.05) is 25.6 Å². The van der Waals surface area contributed by atoms with Crippen LogP contribution in [0.3, 0.4) is 0 Å². The third kappa shape index (κ3) is 1.74. The fourth-order valence-corrected chi connectivity index (χ4v) is 0.995. The number of hydrogen-bond acceptors (Lipinski definition) is 5. The van der Waals surface area contributed by atoms with E-state index in [1.54, 1.807) is 7.05 Å². The van der Waals surface area contributed by atoms with Crippen molar-refractivity contribution in [3.05, 3.63) is 12.0 Å². The van der Waals surface area contributed by atoms with Crippen molar-refractivity contribution in [1.82, 2.24) is 9.97 Å². The summed E-state index contributed by atoms with van der Waals surface area (Å²) in [5.74, 6) is -0.254. The van der Waals surface area contributed by atoms with E-state index < -0.39 is 5.82 Å². The van der Waals surface area contributed by atoms with Gasteiger partial charge in [-0.1, -0.05) is 0 Å². The maximum Gasteiger partial charge on any atom is 0.255 e. The highest BCUT2D eigenvalue weighted by atomic mass is 19.1. The molecule has 0 atom stereocenters. The average Bonchev–Trinajstić information content (AvgIpc) is 2.14. The van der Waals surface area contributed by atoms with Crippen LogP contribution in [-0.4, -0.2) is 36.3 Å². The van der Waals surface area contributed by atoms with Crippen molar-refractivity contribution in [2.24, 2.45) is 0 Å². The molecule has 1 aromatic rings. The minimum absolute atomic E-state index is 0.0300. The fourth-order valence-electron chi connectivity index (χ4n) is 0.995. The number of nitrogens with zero attached hydrogens (tertiary/aromatic N) is 2. The van der Waals surface area contributed by atoms with E-state index in [1.165, 1.54) is 0 Å². The summed E-state index contributed by atoms with van der Waals surface area (Å²) in [6.45, 7) is 0.969. The van der Waals surface area contributed by atoms with E-state index in [4.69, 9.17) is 9.47 Å². The SMILES string of the molecule is CNc1ncc(F)c(OC2COC2)n1. The molecule has 0 unspecified atom stereocenters. The minimum Gasteiger partial charge on any atom is -0.467 e. The molecule has 1 N–H and O–H groups in total. The highest BCUT2D eigenvalue weighted by Crippen LogP contribution is 2.18. The lowest BCUT2D eigenvalue weighted by Gasteiger charge is -2.26. The highest BCUT2D eigenvalue weighted by Gasteiger charge is 2.22. The molecule has 5 nitrogen and oxygen atoms in total. The van der Waals surface area contributed by atoms with Gasteiger partial charge < -0.3 is 14.8 Å². The van der Waals surface area contributed by atoms with Crippen molar-refractivity contribution in [3.8, 4) is 5.88 Å². The van der Waals surface area contributed by atoms with E-state index in [9.17, 15) is 4.39 Å². The predicted molar refractivity (Wildman–Crippen MR) is 46.8 cm³/mol. The first-order valence-electron chi connectivity index (χ1n) is 4.24. The Morgan fingerprint density at radius 2 is 2.43 bits per heavy atom. The summed E-state index contributed by atoms with van der Waals surface area (Å²) in [6, 6.07) is 0. The molecule has 1 fully saturated rings. The summed E-state index contributed by atoms with van der Waals surface area (Å²) in [7, 11) is 1.66. The number of ether oxygens (including phenoxy) is 2. The third-order valence-electron chi connectivity index (χ3n) is 1.82. The van der Waals surface area contributed by atoms with Gasteiger partial charge in [-0.2, -0.15) is 9.37 Å². The van der Waals surface area contributed by atoms with Crippen molar-refractivity contribution in [3.63, 3.8) is 0 Å². The number of hydrogen-bond donors (Lipinski definition) is 1. The fraction of sp³-hybridized carbons (Fsp3) is 0.500. The zero-order chi connectivity index (χ0) is 9.97. The van der Waals surface area contributed by atoms with E-state index >= 15 is 0 Å². The predicted octanol–water partition coefficient (Wildman–Crippen LogP) is 0.435. The average molecular weight is 199 g/mol. The number of anilines is 1. The summed E-state index contributed by atoms with van der Waals surface area (Å²) in [4.78, 5) is 7.54. The number of halogens is 1. The topological polar surface area (TPSA) is 56.3 Å². The standard InChI is InChI=1S/C8H10FN3O2/c1-10-8-11-2-6(9)7(12-8)14-5-3-13-4-5/h2,5H,3-4H2,1H3,(H,10,11,12). The first kappa shape index (κ1) is 9.14. The van der Waals surface area contributed by atoms with Crippen molar-refractivity contribution in [1.29, 1.82) is 0 Å². The molecule has 14 heavy (non-hydrogen) atoms. The lowest BCUT2D eigenvalue weighted by Crippen LogP contribution is -2.39. The van der Waals surface area contributed by atoms with Crippen LogP contribution in [0.4, 0.5) is 10.3 Å². The zero-order valence-electron chi connectivity index (χ0n) is 7.66. The summed E-state index contributed by atoms with van der Waals surface area (Å²) >= 11 is 0. The van der Waals surface area contributed by atoms with Gasteiger partial charge >= 0.3 is 0 Å². The van der Waals surface area contributed by atoms with Gasteiger partial charge in [0, 0.05) is 7.05 Å². The van der Waals surface area contributed by atoms with Crippen LogP contribution in [0.15, 0.2) is 6.20 Å². The van der Waals surface area contributed by atoms with Gasteiger partial charge in [-0.3, -0.25) is 0 Å². The molecule has 0 radical (unpaired) electrons. The number of rotatable bonds is 3. The van der Waals surface area contributed by atoms with Gasteiger partial charge in [0.15, 0.2) is 0 Å². The second-order valence-electron chi connectivity index (χ2n) is 2.87. The summed E-state index contributed by atoms with van der Waals surface area (Å²) in [5, 5.41) is 2.70. The van der Waals surface area contributed by atoms with Crippen LogP contribution in [0.25, 0.3) is 0 Å². The smallest absolute Gasteiger partial charge is 0.255 e. The Kier molecular flexibility index (Phi) is 2.45. The number of nitrogens with one attached hydrogen (secondary N) is 1. The summed E-state index contributed by atoms with van der Waals surface area (Å²) < 4.78 is 23.2. The van der Waals surface area contributed by atoms with E-state index in [0.717, 1.165) is 6.20 Å². The molecule has 1 aromatic heterocycles. The van der Waals surface area contributed by atoms with Gasteiger partial charge in [0.05, 0.1) is 19.4 Å². The zero-order valence-corrected chi connectivity index (χ0v) is 7.66. The molecule has 1 aliphatic rings. The van der Waals surface area contributed by atoms with E-state index in [0.29, 0.717) is 19.2 Å². The van der Waals surface area contributed by atoms with Gasteiger partial charge in [0.1, 0.15) is 6.10 Å². The molecule has 2 heterocycles. The quantitative estimate of drug-likeness (QED) is 0.765.